The molecular formula is C46H57Cl2SiZr. The van der Waals surface area contributed by atoms with Crippen LogP contribution >= 0.6 is 17.0 Å². The summed E-state index contributed by atoms with van der Waals surface area (Å²) in [5.41, 5.74) is 21.7. The number of benzene rings is 4. The predicted octanol–water partition coefficient (Wildman–Crippen LogP) is 14.5. The standard InChI is InChI=1S/2C22H25.C2H7Si.2ClH.Zr/c2*1-6-15(3)19-12-18-8-7-9-20(22(18)13-19)21-11-14(2)10-16(4)17(21)5;1-3-2;;;/h2*7-13,15H,6H2,1-5H3;3H,1-2H3;2*1H;/q;;;;;+2/p-2. The molecule has 4 heteroatoms. The second-order valence-corrected chi connectivity index (χ2v) is 58.8. The van der Waals surface area contributed by atoms with Crippen molar-refractivity contribution < 1.29 is 15.6 Å². The van der Waals surface area contributed by atoms with E-state index in [9.17, 15) is 0 Å². The Morgan fingerprint density at radius 2 is 0.980 bits per heavy atom. The molecule has 4 aromatic rings. The van der Waals surface area contributed by atoms with Crippen LogP contribution in [-0.2, 0) is 15.6 Å². The van der Waals surface area contributed by atoms with Crippen LogP contribution in [0.25, 0.3) is 34.4 Å². The SMILES string of the molecule is CCC(C)C1=Cc2c(-c3cc(C)cc(C)c3C)cccc2[CH]1[Zr]([Cl])([Cl])([CH]1C(C(C)CC)=Cc2c(-c3cc(C)cc(C)c3C)cccc21)[SiH](C)C. The average molecular weight is 800 g/mol. The molecule has 0 amide bonds. The van der Waals surface area contributed by atoms with Crippen LogP contribution in [0, 0.1) is 53.4 Å². The minimum absolute atomic E-state index is 0.0811. The number of fused-ring (bicyclic) bond motifs is 2. The molecule has 263 valence electrons. The maximum atomic E-state index is 8.90. The van der Waals surface area contributed by atoms with Crippen LogP contribution < -0.4 is 0 Å². The molecule has 2 aliphatic carbocycles. The Morgan fingerprint density at radius 1 is 0.600 bits per heavy atom. The zero-order valence-electron chi connectivity index (χ0n) is 32.5. The summed E-state index contributed by atoms with van der Waals surface area (Å²) in [7, 11) is 17.8. The van der Waals surface area contributed by atoms with E-state index in [1.54, 1.807) is 0 Å². The molecule has 0 heterocycles. The normalized spacial score (nSPS) is 19.1. The second kappa shape index (κ2) is 13.8. The Labute approximate surface area is 312 Å². The van der Waals surface area contributed by atoms with Gasteiger partial charge in [-0.05, 0) is 0 Å². The van der Waals surface area contributed by atoms with Crippen LogP contribution in [0.4, 0.5) is 0 Å². The van der Waals surface area contributed by atoms with Crippen molar-refractivity contribution in [3.63, 3.8) is 0 Å². The van der Waals surface area contributed by atoms with Gasteiger partial charge in [0.2, 0.25) is 0 Å². The molecule has 0 saturated heterocycles. The quantitative estimate of drug-likeness (QED) is 0.148. The molecule has 4 aromatic carbocycles. The second-order valence-electron chi connectivity index (χ2n) is 16.3. The Bertz CT molecular complexity index is 1920. The molecule has 4 unspecified atom stereocenters. The van der Waals surface area contributed by atoms with Gasteiger partial charge in [-0.3, -0.25) is 0 Å². The molecular weight excluding hydrogens is 743 g/mol. The third-order valence-corrected chi connectivity index (χ3v) is 64.6. The van der Waals surface area contributed by atoms with Gasteiger partial charge < -0.3 is 0 Å². The van der Waals surface area contributed by atoms with Gasteiger partial charge in [-0.1, -0.05) is 0 Å². The van der Waals surface area contributed by atoms with Crippen LogP contribution in [-0.4, -0.2) is 5.92 Å². The van der Waals surface area contributed by atoms with Crippen LogP contribution in [0.5, 0.6) is 0 Å². The first kappa shape index (κ1) is 37.8. The van der Waals surface area contributed by atoms with Gasteiger partial charge in [0.25, 0.3) is 0 Å². The summed E-state index contributed by atoms with van der Waals surface area (Å²) >= 11 is -4.97. The fraction of sp³-hybridized carbons (Fsp3) is 0.391. The van der Waals surface area contributed by atoms with Gasteiger partial charge in [-0.2, -0.15) is 0 Å². The molecule has 0 radical (unpaired) electrons. The van der Waals surface area contributed by atoms with Crippen LogP contribution in [0.3, 0.4) is 0 Å². The van der Waals surface area contributed by atoms with Crippen LogP contribution in [0.2, 0.25) is 13.1 Å². The van der Waals surface area contributed by atoms with Gasteiger partial charge in [0.05, 0.1) is 0 Å². The Kier molecular flexibility index (Phi) is 10.4. The van der Waals surface area contributed by atoms with Gasteiger partial charge in [-0.25, -0.2) is 0 Å². The third kappa shape index (κ3) is 5.88. The number of hydrogen-bond acceptors (Lipinski definition) is 0. The van der Waals surface area contributed by atoms with E-state index >= 15 is 0 Å². The molecule has 0 bridgehead atoms. The number of aryl methyl sites for hydroxylation is 4. The molecule has 2 aliphatic rings. The van der Waals surface area contributed by atoms with Crippen molar-refractivity contribution in [3.05, 3.63) is 127 Å². The van der Waals surface area contributed by atoms with Gasteiger partial charge in [-0.15, -0.1) is 0 Å². The molecule has 6 rings (SSSR count). The van der Waals surface area contributed by atoms with E-state index in [4.69, 9.17) is 17.0 Å². The molecule has 0 aliphatic heterocycles. The maximum absolute atomic E-state index is 8.90. The molecule has 0 spiro atoms. The summed E-state index contributed by atoms with van der Waals surface area (Å²) in [4.78, 5) is 0. The van der Waals surface area contributed by atoms with Crippen molar-refractivity contribution in [3.8, 4) is 22.3 Å². The first-order chi connectivity index (χ1) is 23.5. The zero-order valence-corrected chi connectivity index (χ0v) is 37.6. The summed E-state index contributed by atoms with van der Waals surface area (Å²) in [6, 6.07) is 23.4. The van der Waals surface area contributed by atoms with E-state index in [2.05, 4.69) is 155 Å². The van der Waals surface area contributed by atoms with Crippen molar-refractivity contribution in [2.24, 2.45) is 11.8 Å². The molecule has 0 saturated carbocycles. The van der Waals surface area contributed by atoms with Crippen molar-refractivity contribution >= 4 is 35.1 Å². The number of hydrogen-bond donors (Lipinski definition) is 0. The van der Waals surface area contributed by atoms with Crippen molar-refractivity contribution in [1.29, 1.82) is 0 Å². The van der Waals surface area contributed by atoms with Gasteiger partial charge in [0.15, 0.2) is 0 Å². The monoisotopic (exact) mass is 797 g/mol. The topological polar surface area (TPSA) is 0 Å². The zero-order chi connectivity index (χ0) is 36.5. The summed E-state index contributed by atoms with van der Waals surface area (Å²) in [5.74, 6) is -0.916. The van der Waals surface area contributed by atoms with E-state index in [1.165, 1.54) is 89.0 Å². The van der Waals surface area contributed by atoms with E-state index in [1.807, 2.05) is 0 Å². The van der Waals surface area contributed by atoms with E-state index in [0.29, 0.717) is 11.8 Å². The number of halogens is 2. The summed E-state index contributed by atoms with van der Waals surface area (Å²) in [6.07, 6.45) is 7.23. The number of rotatable bonds is 9. The third-order valence-electron chi connectivity index (χ3n) is 13.0. The summed E-state index contributed by atoms with van der Waals surface area (Å²) in [6.45, 7) is 27.9. The molecule has 50 heavy (non-hydrogen) atoms. The minimum atomic E-state index is -4.97. The van der Waals surface area contributed by atoms with Crippen LogP contribution in [0.15, 0.2) is 71.8 Å². The van der Waals surface area contributed by atoms with E-state index < -0.39 is 21.5 Å². The molecule has 0 N–H and O–H groups in total. The fourth-order valence-electron chi connectivity index (χ4n) is 9.35. The summed E-state index contributed by atoms with van der Waals surface area (Å²) in [5, 5.41) is 0. The summed E-state index contributed by atoms with van der Waals surface area (Å²) < 4.78 is 0.162. The van der Waals surface area contributed by atoms with Gasteiger partial charge in [0, 0.05) is 0 Å². The predicted molar refractivity (Wildman–Crippen MR) is 223 cm³/mol. The van der Waals surface area contributed by atoms with Crippen molar-refractivity contribution in [2.45, 2.75) is 102 Å². The average Bonchev–Trinajstić information content (AvgIpc) is 3.68. The molecule has 0 nitrogen and oxygen atoms in total. The van der Waals surface area contributed by atoms with Crippen LogP contribution in [0.1, 0.15) is 103 Å². The molecule has 0 aromatic heterocycles. The van der Waals surface area contributed by atoms with Crippen molar-refractivity contribution in [1.82, 2.24) is 0 Å². The van der Waals surface area contributed by atoms with E-state index in [-0.39, 0.29) is 7.25 Å². The van der Waals surface area contributed by atoms with Gasteiger partial charge >= 0.3 is 315 Å². The number of allylic oxidation sites excluding steroid dienone is 2. The Morgan fingerprint density at radius 3 is 1.32 bits per heavy atom. The van der Waals surface area contributed by atoms with Crippen molar-refractivity contribution in [2.75, 3.05) is 0 Å². The first-order valence-corrected chi connectivity index (χ1v) is 35.3. The Hall–Kier alpha value is -1.96. The molecule has 0 fully saturated rings. The van der Waals surface area contributed by atoms with E-state index in [0.717, 1.165) is 12.8 Å². The van der Waals surface area contributed by atoms with Gasteiger partial charge in [0.1, 0.15) is 0 Å². The fourth-order valence-corrected chi connectivity index (χ4v) is 40.6. The molecule has 4 atom stereocenters. The first-order valence-electron chi connectivity index (χ1n) is 19.0. The Balaban J connectivity index is 1.67.